The first-order valence-corrected chi connectivity index (χ1v) is 10.6. The summed E-state index contributed by atoms with van der Waals surface area (Å²) in [6.45, 7) is 0. The minimum atomic E-state index is -0.502. The fourth-order valence-electron chi connectivity index (χ4n) is 3.94. The lowest BCUT2D eigenvalue weighted by Crippen LogP contribution is -2.51. The first kappa shape index (κ1) is 21.6. The zero-order chi connectivity index (χ0) is 22.6. The van der Waals surface area contributed by atoms with Gasteiger partial charge in [0.25, 0.3) is 5.91 Å². The molecule has 2 amide bonds. The molecular formula is C25H25FN4O2. The molecule has 1 aliphatic carbocycles. The summed E-state index contributed by atoms with van der Waals surface area (Å²) in [5.74, 6) is -0.684. The van der Waals surface area contributed by atoms with E-state index in [1.54, 1.807) is 60.9 Å². The molecule has 2 aromatic carbocycles. The maximum absolute atomic E-state index is 13.3. The average Bonchev–Trinajstić information content (AvgIpc) is 2.77. The summed E-state index contributed by atoms with van der Waals surface area (Å²) in [5, 5.41) is 5.91. The zero-order valence-corrected chi connectivity index (χ0v) is 17.6. The van der Waals surface area contributed by atoms with Gasteiger partial charge in [-0.05, 0) is 66.8 Å². The molecule has 1 aromatic heterocycles. The lowest BCUT2D eigenvalue weighted by atomic mass is 9.71. The van der Waals surface area contributed by atoms with E-state index in [9.17, 15) is 14.0 Å². The van der Waals surface area contributed by atoms with Crippen molar-refractivity contribution in [1.29, 1.82) is 0 Å². The molecule has 1 aliphatic rings. The fourth-order valence-corrected chi connectivity index (χ4v) is 3.94. The summed E-state index contributed by atoms with van der Waals surface area (Å²) < 4.78 is 13.3. The van der Waals surface area contributed by atoms with E-state index in [4.69, 9.17) is 5.73 Å². The van der Waals surface area contributed by atoms with Crippen LogP contribution >= 0.6 is 0 Å². The third kappa shape index (κ3) is 4.84. The Morgan fingerprint density at radius 2 is 1.66 bits per heavy atom. The monoisotopic (exact) mass is 432 g/mol. The Morgan fingerprint density at radius 3 is 2.25 bits per heavy atom. The Hall–Kier alpha value is -3.58. The van der Waals surface area contributed by atoms with Crippen LogP contribution < -0.4 is 16.4 Å². The maximum atomic E-state index is 13.3. The summed E-state index contributed by atoms with van der Waals surface area (Å²) in [7, 11) is 0. The Balaban J connectivity index is 1.36. The molecule has 0 saturated heterocycles. The Labute approximate surface area is 186 Å². The van der Waals surface area contributed by atoms with Crippen molar-refractivity contribution in [3.63, 3.8) is 0 Å². The molecular weight excluding hydrogens is 407 g/mol. The van der Waals surface area contributed by atoms with Crippen LogP contribution in [0.2, 0.25) is 0 Å². The summed E-state index contributed by atoms with van der Waals surface area (Å²) in [6, 6.07) is 16.1. The molecule has 1 unspecified atom stereocenters. The van der Waals surface area contributed by atoms with Gasteiger partial charge in [0.15, 0.2) is 0 Å². The molecule has 1 heterocycles. The normalized spacial score (nSPS) is 15.3. The van der Waals surface area contributed by atoms with Gasteiger partial charge in [-0.3, -0.25) is 14.6 Å². The van der Waals surface area contributed by atoms with Crippen LogP contribution in [0.25, 0.3) is 0 Å². The summed E-state index contributed by atoms with van der Waals surface area (Å²) in [5.41, 5.74) is 8.65. The number of anilines is 1. The third-order valence-corrected chi connectivity index (χ3v) is 5.93. The molecule has 32 heavy (non-hydrogen) atoms. The number of nitrogens with two attached hydrogens (primary N) is 1. The quantitative estimate of drug-likeness (QED) is 0.525. The topological polar surface area (TPSA) is 97.1 Å². The Morgan fingerprint density at radius 1 is 1.00 bits per heavy atom. The lowest BCUT2D eigenvalue weighted by molar-refractivity contribution is -0.124. The fraction of sp³-hybridized carbons (Fsp3) is 0.240. The SMILES string of the molecule is NC(CC(=O)NC1(c2ccc(F)cc2)CCC1)c1ccc(C(=O)Nc2ccncc2)cc1. The number of aromatic nitrogens is 1. The molecule has 4 rings (SSSR count). The van der Waals surface area contributed by atoms with Gasteiger partial charge in [-0.1, -0.05) is 24.3 Å². The van der Waals surface area contributed by atoms with Crippen molar-refractivity contribution in [2.24, 2.45) is 5.73 Å². The second-order valence-electron chi connectivity index (χ2n) is 8.11. The summed E-state index contributed by atoms with van der Waals surface area (Å²) in [4.78, 5) is 29.0. The molecule has 6 nitrogen and oxygen atoms in total. The summed E-state index contributed by atoms with van der Waals surface area (Å²) >= 11 is 0. The van der Waals surface area contributed by atoms with E-state index in [2.05, 4.69) is 15.6 Å². The standard InChI is InChI=1S/C25H25FN4O2/c26-20-8-6-19(7-9-20)25(12-1-13-25)30-23(31)16-22(27)17-2-4-18(5-3-17)24(32)29-21-10-14-28-15-11-21/h2-11,14-15,22H,1,12-13,16,27H2,(H,30,31)(H,28,29,32). The minimum Gasteiger partial charge on any atom is -0.347 e. The van der Waals surface area contributed by atoms with E-state index in [0.717, 1.165) is 30.4 Å². The summed E-state index contributed by atoms with van der Waals surface area (Å²) in [6.07, 6.45) is 5.97. The molecule has 4 N–H and O–H groups in total. The third-order valence-electron chi connectivity index (χ3n) is 5.93. The van der Waals surface area contributed by atoms with Gasteiger partial charge in [0.2, 0.25) is 5.91 Å². The largest absolute Gasteiger partial charge is 0.347 e. The number of amides is 2. The first-order chi connectivity index (χ1) is 15.4. The highest BCUT2D eigenvalue weighted by Crippen LogP contribution is 2.41. The molecule has 164 valence electrons. The van der Waals surface area contributed by atoms with Gasteiger partial charge in [-0.2, -0.15) is 0 Å². The predicted octanol–water partition coefficient (Wildman–Crippen LogP) is 4.06. The number of carbonyl (C=O) groups excluding carboxylic acids is 2. The number of hydrogen-bond acceptors (Lipinski definition) is 4. The van der Waals surface area contributed by atoms with Crippen LogP contribution in [-0.4, -0.2) is 16.8 Å². The highest BCUT2D eigenvalue weighted by atomic mass is 19.1. The van der Waals surface area contributed by atoms with Gasteiger partial charge in [0, 0.05) is 36.1 Å². The smallest absolute Gasteiger partial charge is 0.255 e. The molecule has 1 fully saturated rings. The number of hydrogen-bond donors (Lipinski definition) is 3. The van der Waals surface area contributed by atoms with Gasteiger partial charge in [0.1, 0.15) is 5.82 Å². The van der Waals surface area contributed by atoms with Crippen LogP contribution in [-0.2, 0) is 10.3 Å². The predicted molar refractivity (Wildman–Crippen MR) is 120 cm³/mol. The Bertz CT molecular complexity index is 1080. The van der Waals surface area contributed by atoms with Crippen molar-refractivity contribution < 1.29 is 14.0 Å². The van der Waals surface area contributed by atoms with Crippen molar-refractivity contribution in [2.75, 3.05) is 5.32 Å². The molecule has 0 spiro atoms. The first-order valence-electron chi connectivity index (χ1n) is 10.6. The van der Waals surface area contributed by atoms with Gasteiger partial charge in [-0.15, -0.1) is 0 Å². The maximum Gasteiger partial charge on any atom is 0.255 e. The van der Waals surface area contributed by atoms with Crippen LogP contribution in [0.1, 0.15) is 53.2 Å². The molecule has 1 atom stereocenters. The van der Waals surface area contributed by atoms with E-state index in [1.165, 1.54) is 12.1 Å². The number of benzene rings is 2. The second-order valence-corrected chi connectivity index (χ2v) is 8.11. The van der Waals surface area contributed by atoms with Crippen molar-refractivity contribution >= 4 is 17.5 Å². The van der Waals surface area contributed by atoms with E-state index in [0.29, 0.717) is 11.3 Å². The van der Waals surface area contributed by atoms with Gasteiger partial charge in [0.05, 0.1) is 5.54 Å². The highest BCUT2D eigenvalue weighted by molar-refractivity contribution is 6.04. The molecule has 7 heteroatoms. The molecule has 1 saturated carbocycles. The number of rotatable bonds is 7. The Kier molecular flexibility index (Phi) is 6.28. The number of nitrogens with zero attached hydrogens (tertiary/aromatic N) is 1. The van der Waals surface area contributed by atoms with Crippen LogP contribution in [0.4, 0.5) is 10.1 Å². The van der Waals surface area contributed by atoms with E-state index < -0.39 is 11.6 Å². The molecule has 0 bridgehead atoms. The lowest BCUT2D eigenvalue weighted by Gasteiger charge is -2.43. The van der Waals surface area contributed by atoms with Gasteiger partial charge in [-0.25, -0.2) is 4.39 Å². The van der Waals surface area contributed by atoms with Crippen LogP contribution in [0.15, 0.2) is 73.1 Å². The van der Waals surface area contributed by atoms with E-state index in [-0.39, 0.29) is 24.1 Å². The van der Waals surface area contributed by atoms with Crippen molar-refractivity contribution in [2.45, 2.75) is 37.3 Å². The minimum absolute atomic E-state index is 0.117. The van der Waals surface area contributed by atoms with E-state index >= 15 is 0 Å². The van der Waals surface area contributed by atoms with Crippen molar-refractivity contribution in [3.8, 4) is 0 Å². The average molecular weight is 432 g/mol. The van der Waals surface area contributed by atoms with Crippen molar-refractivity contribution in [1.82, 2.24) is 10.3 Å². The number of halogens is 1. The molecule has 3 aromatic rings. The van der Waals surface area contributed by atoms with Crippen LogP contribution in [0, 0.1) is 5.82 Å². The van der Waals surface area contributed by atoms with Gasteiger partial charge >= 0.3 is 0 Å². The second kappa shape index (κ2) is 9.28. The van der Waals surface area contributed by atoms with Crippen LogP contribution in [0.3, 0.4) is 0 Å². The van der Waals surface area contributed by atoms with Crippen molar-refractivity contribution in [3.05, 3.63) is 95.6 Å². The highest BCUT2D eigenvalue weighted by Gasteiger charge is 2.40. The zero-order valence-electron chi connectivity index (χ0n) is 17.6. The number of carbonyl (C=O) groups is 2. The number of pyridine rings is 1. The molecule has 0 aliphatic heterocycles. The van der Waals surface area contributed by atoms with E-state index in [1.807, 2.05) is 0 Å². The van der Waals surface area contributed by atoms with Crippen LogP contribution in [0.5, 0.6) is 0 Å². The number of nitrogens with one attached hydrogen (secondary N) is 2. The van der Waals surface area contributed by atoms with Gasteiger partial charge < -0.3 is 16.4 Å². The molecule has 0 radical (unpaired) electrons.